The van der Waals surface area contributed by atoms with Gasteiger partial charge in [-0.05, 0) is 118 Å². The second-order valence-corrected chi connectivity index (χ2v) is 18.1. The molecule has 0 radical (unpaired) electrons. The first-order valence-electron chi connectivity index (χ1n) is 23.2. The van der Waals surface area contributed by atoms with E-state index < -0.39 is 0 Å². The third-order valence-electron chi connectivity index (χ3n) is 13.9. The molecule has 3 atom stereocenters. The highest BCUT2D eigenvalue weighted by atomic mass is 15.3. The molecule has 0 fully saturated rings. The number of nitrogens with zero attached hydrogens (tertiary/aromatic N) is 1. The minimum atomic E-state index is -0.256. The van der Waals surface area contributed by atoms with Gasteiger partial charge in [-0.1, -0.05) is 225 Å². The van der Waals surface area contributed by atoms with Gasteiger partial charge < -0.3 is 5.32 Å². The summed E-state index contributed by atoms with van der Waals surface area (Å²) < 4.78 is 0. The van der Waals surface area contributed by atoms with E-state index in [0.29, 0.717) is 0 Å². The van der Waals surface area contributed by atoms with E-state index in [1.165, 1.54) is 82.0 Å². The van der Waals surface area contributed by atoms with Gasteiger partial charge in [0.05, 0.1) is 0 Å². The maximum atomic E-state index is 5.38. The van der Waals surface area contributed by atoms with Gasteiger partial charge in [-0.15, -0.1) is 0 Å². The first kappa shape index (κ1) is 39.7. The molecule has 316 valence electrons. The fourth-order valence-corrected chi connectivity index (χ4v) is 10.5. The zero-order valence-corrected chi connectivity index (χ0v) is 37.0. The molecule has 1 aliphatic heterocycles. The molecule has 2 aliphatic carbocycles. The minimum Gasteiger partial charge on any atom is -0.350 e. The number of amidine groups is 1. The summed E-state index contributed by atoms with van der Waals surface area (Å²) in [6.45, 7) is 2.41. The van der Waals surface area contributed by atoms with E-state index in [1.807, 2.05) is 0 Å². The van der Waals surface area contributed by atoms with Gasteiger partial charge in [-0.2, -0.15) is 0 Å². The summed E-state index contributed by atoms with van der Waals surface area (Å²) in [4.78, 5) is 5.38. The SMILES string of the molecule is CC1(c2c(-c3cccc(C4=NC(C5=CC=CCC=C5)NC(c5ccc(-c6ccccc6)cc5)N4)c3)ccc3ccccc23)C=CC(c2ccc3c4ccccc4c4ccccc4c3c2)=CC1. The molecule has 9 aromatic rings. The highest BCUT2D eigenvalue weighted by Gasteiger charge is 2.31. The Morgan fingerprint density at radius 1 is 0.530 bits per heavy atom. The number of hydrogen-bond acceptors (Lipinski definition) is 3. The van der Waals surface area contributed by atoms with Crippen LogP contribution >= 0.6 is 0 Å². The quantitative estimate of drug-likeness (QED) is 0.157. The summed E-state index contributed by atoms with van der Waals surface area (Å²) in [5.41, 5.74) is 11.8. The lowest BCUT2D eigenvalue weighted by Crippen LogP contribution is -2.48. The van der Waals surface area contributed by atoms with Crippen LogP contribution in [-0.2, 0) is 5.41 Å². The predicted molar refractivity (Wildman–Crippen MR) is 280 cm³/mol. The summed E-state index contributed by atoms with van der Waals surface area (Å²) >= 11 is 0. The number of aliphatic imine (C=N–C) groups is 1. The average Bonchev–Trinajstić information content (AvgIpc) is 3.69. The van der Waals surface area contributed by atoms with Gasteiger partial charge in [-0.25, -0.2) is 4.99 Å². The molecule has 0 saturated heterocycles. The molecule has 3 unspecified atom stereocenters. The van der Waals surface area contributed by atoms with Gasteiger partial charge >= 0.3 is 0 Å². The molecule has 3 heteroatoms. The van der Waals surface area contributed by atoms with Gasteiger partial charge in [0.25, 0.3) is 0 Å². The molecule has 9 aromatic carbocycles. The number of allylic oxidation sites excluding steroid dienone is 8. The molecular formula is C63H49N3. The highest BCUT2D eigenvalue weighted by Crippen LogP contribution is 2.45. The van der Waals surface area contributed by atoms with E-state index in [4.69, 9.17) is 4.99 Å². The molecule has 3 nitrogen and oxygen atoms in total. The van der Waals surface area contributed by atoms with Gasteiger partial charge in [0, 0.05) is 11.0 Å². The maximum Gasteiger partial charge on any atom is 0.131 e. The lowest BCUT2D eigenvalue weighted by Gasteiger charge is -2.33. The molecule has 1 heterocycles. The lowest BCUT2D eigenvalue weighted by atomic mass is 9.71. The predicted octanol–water partition coefficient (Wildman–Crippen LogP) is 15.3. The second kappa shape index (κ2) is 16.6. The lowest BCUT2D eigenvalue weighted by molar-refractivity contribution is 0.435. The molecule has 12 rings (SSSR count). The fraction of sp³-hybridized carbons (Fsp3) is 0.0952. The van der Waals surface area contributed by atoms with E-state index in [9.17, 15) is 0 Å². The summed E-state index contributed by atoms with van der Waals surface area (Å²) in [5.74, 6) is 0.870. The van der Waals surface area contributed by atoms with Crippen molar-refractivity contribution in [3.05, 3.63) is 258 Å². The molecule has 0 bridgehead atoms. The van der Waals surface area contributed by atoms with Crippen LogP contribution < -0.4 is 10.6 Å². The number of benzene rings is 9. The maximum absolute atomic E-state index is 5.38. The zero-order chi connectivity index (χ0) is 44.0. The van der Waals surface area contributed by atoms with Crippen molar-refractivity contribution in [2.75, 3.05) is 0 Å². The summed E-state index contributed by atoms with van der Waals surface area (Å²) in [7, 11) is 0. The average molecular weight is 848 g/mol. The van der Waals surface area contributed by atoms with E-state index in [0.717, 1.165) is 35.4 Å². The van der Waals surface area contributed by atoms with Crippen molar-refractivity contribution in [3.63, 3.8) is 0 Å². The van der Waals surface area contributed by atoms with Crippen LogP contribution in [0.3, 0.4) is 0 Å². The smallest absolute Gasteiger partial charge is 0.131 e. The Hall–Kier alpha value is -7.85. The highest BCUT2D eigenvalue weighted by molar-refractivity contribution is 6.25. The summed E-state index contributed by atoms with van der Waals surface area (Å²) in [6, 6.07) is 66.6. The minimum absolute atomic E-state index is 0.151. The molecule has 0 amide bonds. The molecule has 66 heavy (non-hydrogen) atoms. The van der Waals surface area contributed by atoms with Crippen LogP contribution in [0.2, 0.25) is 0 Å². The number of nitrogens with one attached hydrogen (secondary N) is 2. The molecule has 0 saturated carbocycles. The van der Waals surface area contributed by atoms with Crippen molar-refractivity contribution < 1.29 is 0 Å². The fourth-order valence-electron chi connectivity index (χ4n) is 10.5. The van der Waals surface area contributed by atoms with Crippen molar-refractivity contribution in [2.24, 2.45) is 4.99 Å². The molecular weight excluding hydrogens is 799 g/mol. The van der Waals surface area contributed by atoms with Gasteiger partial charge in [0.2, 0.25) is 0 Å². The Balaban J connectivity index is 0.908. The van der Waals surface area contributed by atoms with Crippen LogP contribution in [0.1, 0.15) is 48.2 Å². The number of rotatable bonds is 7. The van der Waals surface area contributed by atoms with Gasteiger partial charge in [0.15, 0.2) is 0 Å². The van der Waals surface area contributed by atoms with Crippen molar-refractivity contribution in [1.29, 1.82) is 0 Å². The Labute approximate surface area is 386 Å². The first-order chi connectivity index (χ1) is 32.6. The van der Waals surface area contributed by atoms with Crippen LogP contribution in [0.25, 0.3) is 70.9 Å². The van der Waals surface area contributed by atoms with Gasteiger partial charge in [-0.3, -0.25) is 5.32 Å². The van der Waals surface area contributed by atoms with Crippen LogP contribution in [0.4, 0.5) is 0 Å². The van der Waals surface area contributed by atoms with Crippen LogP contribution in [0, 0.1) is 0 Å². The Bertz CT molecular complexity index is 3510. The Morgan fingerprint density at radius 3 is 1.94 bits per heavy atom. The normalized spacial score (nSPS) is 19.4. The third kappa shape index (κ3) is 7.19. The second-order valence-electron chi connectivity index (χ2n) is 18.1. The number of hydrogen-bond donors (Lipinski definition) is 2. The molecule has 2 N–H and O–H groups in total. The van der Waals surface area contributed by atoms with Crippen molar-refractivity contribution in [1.82, 2.24) is 10.6 Å². The standard InChI is InChI=1S/C63H49N3/c1-63(38-36-44(37-39-63)48-33-35-57-55-26-12-11-24-53(55)54-25-13-14-27-56(54)58(57)41-48)59-51-23-10-9-18-45(51)32-34-52(59)49-21-15-22-50(40-49)62-65-60(46-19-5-2-3-6-20-46)64-61(66-62)47-30-28-43(29-31-47)42-16-7-4-8-17-42/h2,4-38,40-41,60-61,64H,3,39H2,1H3,(H,65,66). The molecule has 0 spiro atoms. The monoisotopic (exact) mass is 847 g/mol. The Kier molecular flexibility index (Phi) is 10.00. The first-order valence-corrected chi connectivity index (χ1v) is 23.2. The number of fused-ring (bicyclic) bond motifs is 7. The Morgan fingerprint density at radius 2 is 1.18 bits per heavy atom. The summed E-state index contributed by atoms with van der Waals surface area (Å²) in [6.07, 6.45) is 19.6. The van der Waals surface area contributed by atoms with Crippen LogP contribution in [0.5, 0.6) is 0 Å². The van der Waals surface area contributed by atoms with Crippen LogP contribution in [-0.4, -0.2) is 12.0 Å². The van der Waals surface area contributed by atoms with Crippen molar-refractivity contribution >= 4 is 54.5 Å². The summed E-state index contributed by atoms with van der Waals surface area (Å²) in [5, 5.41) is 18.0. The van der Waals surface area contributed by atoms with Crippen molar-refractivity contribution in [2.45, 2.75) is 37.5 Å². The third-order valence-corrected chi connectivity index (χ3v) is 13.9. The van der Waals surface area contributed by atoms with Gasteiger partial charge in [0.1, 0.15) is 18.2 Å². The molecule has 3 aliphatic rings. The molecule has 0 aromatic heterocycles. The van der Waals surface area contributed by atoms with E-state index in [-0.39, 0.29) is 17.7 Å². The van der Waals surface area contributed by atoms with E-state index in [2.05, 4.69) is 248 Å². The van der Waals surface area contributed by atoms with Crippen molar-refractivity contribution in [3.8, 4) is 22.3 Å². The zero-order valence-electron chi connectivity index (χ0n) is 37.0. The largest absolute Gasteiger partial charge is 0.350 e. The van der Waals surface area contributed by atoms with Crippen LogP contribution in [0.15, 0.2) is 241 Å². The topological polar surface area (TPSA) is 36.4 Å². The van der Waals surface area contributed by atoms with E-state index in [1.54, 1.807) is 0 Å². The van der Waals surface area contributed by atoms with E-state index >= 15 is 0 Å².